The molecule has 0 aromatic heterocycles. The molecule has 2 N–H and O–H groups in total. The molecule has 4 heteroatoms. The van der Waals surface area contributed by atoms with Gasteiger partial charge in [0.1, 0.15) is 0 Å². The van der Waals surface area contributed by atoms with Crippen molar-refractivity contribution in [3.8, 4) is 11.5 Å². The van der Waals surface area contributed by atoms with Crippen LogP contribution in [0.4, 0.5) is 0 Å². The molecule has 0 aliphatic carbocycles. The molecule has 0 spiro atoms. The van der Waals surface area contributed by atoms with Gasteiger partial charge in [0.05, 0.1) is 13.2 Å². The van der Waals surface area contributed by atoms with Crippen LogP contribution in [0.5, 0.6) is 11.5 Å². The van der Waals surface area contributed by atoms with E-state index in [1.165, 1.54) is 24.8 Å². The van der Waals surface area contributed by atoms with Gasteiger partial charge >= 0.3 is 0 Å². The summed E-state index contributed by atoms with van der Waals surface area (Å²) in [6.45, 7) is 9.53. The zero-order valence-electron chi connectivity index (χ0n) is 14.9. The highest BCUT2D eigenvalue weighted by Crippen LogP contribution is 2.34. The quantitative estimate of drug-likeness (QED) is 0.792. The third kappa shape index (κ3) is 4.61. The van der Waals surface area contributed by atoms with Gasteiger partial charge in [-0.2, -0.15) is 0 Å². The molecule has 0 amide bonds. The van der Waals surface area contributed by atoms with Crippen LogP contribution in [-0.4, -0.2) is 37.2 Å². The molecule has 1 aromatic carbocycles. The van der Waals surface area contributed by atoms with E-state index in [0.717, 1.165) is 24.5 Å². The van der Waals surface area contributed by atoms with Crippen molar-refractivity contribution in [3.05, 3.63) is 23.8 Å². The van der Waals surface area contributed by atoms with Gasteiger partial charge < -0.3 is 15.2 Å². The summed E-state index contributed by atoms with van der Waals surface area (Å²) in [6.07, 6.45) is 4.83. The first-order valence-electron chi connectivity index (χ1n) is 9.06. The van der Waals surface area contributed by atoms with Crippen LogP contribution in [0, 0.1) is 0 Å². The second-order valence-corrected chi connectivity index (χ2v) is 6.32. The van der Waals surface area contributed by atoms with Crippen molar-refractivity contribution < 1.29 is 9.47 Å². The number of piperidine rings is 1. The molecule has 0 saturated carbocycles. The van der Waals surface area contributed by atoms with E-state index in [4.69, 9.17) is 15.2 Å². The van der Waals surface area contributed by atoms with E-state index in [1.807, 2.05) is 13.0 Å². The fourth-order valence-electron chi connectivity index (χ4n) is 3.38. The zero-order valence-corrected chi connectivity index (χ0v) is 14.9. The van der Waals surface area contributed by atoms with Gasteiger partial charge in [0, 0.05) is 18.6 Å². The molecule has 1 fully saturated rings. The highest BCUT2D eigenvalue weighted by atomic mass is 16.5. The molecule has 1 aliphatic rings. The fraction of sp³-hybridized carbons (Fsp3) is 0.684. The minimum atomic E-state index is 0.254. The number of benzene rings is 1. The number of hydrogen-bond donors (Lipinski definition) is 1. The van der Waals surface area contributed by atoms with E-state index in [0.29, 0.717) is 25.8 Å². The van der Waals surface area contributed by atoms with Gasteiger partial charge in [-0.25, -0.2) is 0 Å². The number of likely N-dealkylation sites (tertiary alicyclic amines) is 1. The maximum atomic E-state index is 6.13. The smallest absolute Gasteiger partial charge is 0.161 e. The molecule has 2 unspecified atom stereocenters. The van der Waals surface area contributed by atoms with E-state index < -0.39 is 0 Å². The maximum absolute atomic E-state index is 6.13. The van der Waals surface area contributed by atoms with Gasteiger partial charge in [-0.1, -0.05) is 19.4 Å². The van der Waals surface area contributed by atoms with Gasteiger partial charge in [-0.15, -0.1) is 0 Å². The average molecular weight is 320 g/mol. The molecule has 1 heterocycles. The summed E-state index contributed by atoms with van der Waals surface area (Å²) in [5, 5.41) is 0. The Kier molecular flexibility index (Phi) is 7.18. The number of ether oxygens (including phenoxy) is 2. The Balaban J connectivity index is 2.23. The van der Waals surface area contributed by atoms with Crippen molar-refractivity contribution in [2.75, 3.05) is 26.3 Å². The first-order chi connectivity index (χ1) is 11.2. The predicted molar refractivity (Wildman–Crippen MR) is 95.2 cm³/mol. The molecule has 1 aliphatic heterocycles. The average Bonchev–Trinajstić information content (AvgIpc) is 2.57. The number of nitrogens with two attached hydrogens (primary N) is 1. The van der Waals surface area contributed by atoms with Crippen LogP contribution < -0.4 is 15.2 Å². The highest BCUT2D eigenvalue weighted by molar-refractivity contribution is 5.44. The van der Waals surface area contributed by atoms with Crippen LogP contribution in [0.2, 0.25) is 0 Å². The van der Waals surface area contributed by atoms with E-state index >= 15 is 0 Å². The Hall–Kier alpha value is -1.26. The van der Waals surface area contributed by atoms with Gasteiger partial charge in [0.2, 0.25) is 0 Å². The van der Waals surface area contributed by atoms with Gasteiger partial charge in [-0.05, 0) is 57.4 Å². The first-order valence-corrected chi connectivity index (χ1v) is 9.06. The van der Waals surface area contributed by atoms with Crippen molar-refractivity contribution in [2.45, 2.75) is 58.5 Å². The van der Waals surface area contributed by atoms with Gasteiger partial charge in [-0.3, -0.25) is 4.90 Å². The molecule has 1 saturated heterocycles. The van der Waals surface area contributed by atoms with Crippen molar-refractivity contribution in [1.82, 2.24) is 4.90 Å². The SMILES string of the molecule is CCCOc1ccc(C(CN)N2CCCCC2C)cc1OCC. The van der Waals surface area contributed by atoms with Crippen molar-refractivity contribution in [3.63, 3.8) is 0 Å². The Morgan fingerprint density at radius 1 is 1.22 bits per heavy atom. The predicted octanol–water partition coefficient (Wildman–Crippen LogP) is 3.75. The Morgan fingerprint density at radius 2 is 2.04 bits per heavy atom. The molecule has 23 heavy (non-hydrogen) atoms. The highest BCUT2D eigenvalue weighted by Gasteiger charge is 2.27. The van der Waals surface area contributed by atoms with E-state index in [2.05, 4.69) is 30.9 Å². The first kappa shape index (κ1) is 18.1. The molecule has 4 nitrogen and oxygen atoms in total. The lowest BCUT2D eigenvalue weighted by molar-refractivity contribution is 0.108. The summed E-state index contributed by atoms with van der Waals surface area (Å²) in [4.78, 5) is 2.54. The Morgan fingerprint density at radius 3 is 2.70 bits per heavy atom. The van der Waals surface area contributed by atoms with Crippen molar-refractivity contribution in [2.24, 2.45) is 5.73 Å². The summed E-state index contributed by atoms with van der Waals surface area (Å²) in [5.41, 5.74) is 7.36. The van der Waals surface area contributed by atoms with Crippen LogP contribution in [-0.2, 0) is 0 Å². The summed E-state index contributed by atoms with van der Waals surface area (Å²) in [6, 6.07) is 7.14. The summed E-state index contributed by atoms with van der Waals surface area (Å²) in [7, 11) is 0. The minimum Gasteiger partial charge on any atom is -0.490 e. The van der Waals surface area contributed by atoms with Crippen molar-refractivity contribution >= 4 is 0 Å². The lowest BCUT2D eigenvalue weighted by atomic mass is 9.97. The van der Waals surface area contributed by atoms with Crippen LogP contribution >= 0.6 is 0 Å². The zero-order chi connectivity index (χ0) is 16.7. The van der Waals surface area contributed by atoms with E-state index in [9.17, 15) is 0 Å². The Labute approximate surface area is 140 Å². The minimum absolute atomic E-state index is 0.254. The van der Waals surface area contributed by atoms with E-state index in [-0.39, 0.29) is 6.04 Å². The maximum Gasteiger partial charge on any atom is 0.161 e. The monoisotopic (exact) mass is 320 g/mol. The Bertz CT molecular complexity index is 478. The largest absolute Gasteiger partial charge is 0.490 e. The van der Waals surface area contributed by atoms with E-state index in [1.54, 1.807) is 0 Å². The van der Waals surface area contributed by atoms with Gasteiger partial charge in [0.25, 0.3) is 0 Å². The summed E-state index contributed by atoms with van der Waals surface area (Å²) in [5.74, 6) is 1.67. The van der Waals surface area contributed by atoms with Crippen LogP contribution in [0.1, 0.15) is 58.1 Å². The number of rotatable bonds is 8. The van der Waals surface area contributed by atoms with Crippen LogP contribution in [0.25, 0.3) is 0 Å². The second kappa shape index (κ2) is 9.14. The fourth-order valence-corrected chi connectivity index (χ4v) is 3.38. The summed E-state index contributed by atoms with van der Waals surface area (Å²) < 4.78 is 11.6. The lowest BCUT2D eigenvalue weighted by Gasteiger charge is -2.39. The third-order valence-corrected chi connectivity index (χ3v) is 4.59. The third-order valence-electron chi connectivity index (χ3n) is 4.59. The van der Waals surface area contributed by atoms with Crippen LogP contribution in [0.3, 0.4) is 0 Å². The second-order valence-electron chi connectivity index (χ2n) is 6.32. The topological polar surface area (TPSA) is 47.7 Å². The lowest BCUT2D eigenvalue weighted by Crippen LogP contribution is -2.43. The normalized spacial score (nSPS) is 20.3. The number of hydrogen-bond acceptors (Lipinski definition) is 4. The molecule has 0 bridgehead atoms. The van der Waals surface area contributed by atoms with Crippen LogP contribution in [0.15, 0.2) is 18.2 Å². The standard InChI is InChI=1S/C19H32N2O2/c1-4-12-23-18-10-9-16(13-19(18)22-5-2)17(14-20)21-11-7-6-8-15(21)3/h9-10,13,15,17H,4-8,11-12,14,20H2,1-3H3. The number of nitrogens with zero attached hydrogens (tertiary/aromatic N) is 1. The molecule has 2 atom stereocenters. The molecular formula is C19H32N2O2. The molecule has 1 aromatic rings. The molecule has 130 valence electrons. The molecular weight excluding hydrogens is 288 g/mol. The van der Waals surface area contributed by atoms with Crippen molar-refractivity contribution in [1.29, 1.82) is 0 Å². The van der Waals surface area contributed by atoms with Gasteiger partial charge in [0.15, 0.2) is 11.5 Å². The molecule has 2 rings (SSSR count). The summed E-state index contributed by atoms with van der Waals surface area (Å²) >= 11 is 0. The molecule has 0 radical (unpaired) electrons.